The summed E-state index contributed by atoms with van der Waals surface area (Å²) in [6.07, 6.45) is 1.56. The van der Waals surface area contributed by atoms with E-state index < -0.39 is 5.54 Å². The molecule has 4 nitrogen and oxygen atoms in total. The molecule has 1 unspecified atom stereocenters. The van der Waals surface area contributed by atoms with E-state index in [4.69, 9.17) is 5.73 Å². The minimum Gasteiger partial charge on any atom is -0.318 e. The Morgan fingerprint density at radius 1 is 1.73 bits per heavy atom. The van der Waals surface area contributed by atoms with Crippen LogP contribution in [0.4, 0.5) is 5.13 Å². The maximum Gasteiger partial charge on any atom is 0.245 e. The first-order chi connectivity index (χ1) is 6.95. The van der Waals surface area contributed by atoms with E-state index in [1.807, 2.05) is 19.2 Å². The van der Waals surface area contributed by atoms with Crippen molar-refractivity contribution in [2.75, 3.05) is 5.32 Å². The van der Waals surface area contributed by atoms with Crippen molar-refractivity contribution in [1.29, 1.82) is 0 Å². The second-order valence-corrected chi connectivity index (χ2v) is 4.77. The van der Waals surface area contributed by atoms with E-state index >= 15 is 0 Å². The maximum absolute atomic E-state index is 11.8. The molecule has 0 radical (unpaired) electrons. The van der Waals surface area contributed by atoms with Gasteiger partial charge in [-0.15, -0.1) is 11.3 Å². The van der Waals surface area contributed by atoms with Gasteiger partial charge in [0.05, 0.1) is 11.2 Å². The van der Waals surface area contributed by atoms with E-state index in [9.17, 15) is 4.79 Å². The number of aromatic nitrogens is 1. The Morgan fingerprint density at radius 2 is 2.40 bits per heavy atom. The van der Waals surface area contributed by atoms with Gasteiger partial charge in [-0.25, -0.2) is 4.98 Å². The molecule has 0 aliphatic carbocycles. The van der Waals surface area contributed by atoms with Crippen LogP contribution in [0.3, 0.4) is 0 Å². The molecule has 5 heteroatoms. The molecule has 3 N–H and O–H groups in total. The standard InChI is InChI=1S/C10H17N3OS/c1-4-5-10(3,11)8(14)13-9-12-7(2)6-15-9/h6H,4-5,11H2,1-3H3,(H,12,13,14). The van der Waals surface area contributed by atoms with Gasteiger partial charge in [-0.3, -0.25) is 4.79 Å². The normalized spacial score (nSPS) is 14.7. The third kappa shape index (κ3) is 3.28. The molecule has 84 valence electrons. The number of nitrogens with zero attached hydrogens (tertiary/aromatic N) is 1. The summed E-state index contributed by atoms with van der Waals surface area (Å²) in [6.45, 7) is 5.64. The molecule has 0 aliphatic heterocycles. The molecule has 0 saturated carbocycles. The Morgan fingerprint density at radius 3 is 2.87 bits per heavy atom. The second-order valence-electron chi connectivity index (χ2n) is 3.92. The number of aryl methyl sites for hydroxylation is 1. The number of thiazole rings is 1. The summed E-state index contributed by atoms with van der Waals surface area (Å²) in [5, 5.41) is 5.24. The maximum atomic E-state index is 11.8. The minimum absolute atomic E-state index is 0.168. The van der Waals surface area contributed by atoms with Gasteiger partial charge >= 0.3 is 0 Å². The molecule has 0 fully saturated rings. The lowest BCUT2D eigenvalue weighted by Crippen LogP contribution is -2.48. The Balaban J connectivity index is 2.63. The summed E-state index contributed by atoms with van der Waals surface area (Å²) < 4.78 is 0. The zero-order chi connectivity index (χ0) is 11.5. The number of amides is 1. The van der Waals surface area contributed by atoms with Crippen molar-refractivity contribution in [3.8, 4) is 0 Å². The van der Waals surface area contributed by atoms with Crippen LogP contribution in [0.25, 0.3) is 0 Å². The van der Waals surface area contributed by atoms with Crippen LogP contribution in [-0.4, -0.2) is 16.4 Å². The molecule has 1 aromatic heterocycles. The highest BCUT2D eigenvalue weighted by atomic mass is 32.1. The molecule has 1 heterocycles. The predicted octanol–water partition coefficient (Wildman–Crippen LogP) is 1.91. The van der Waals surface area contributed by atoms with E-state index in [0.717, 1.165) is 12.1 Å². The fraction of sp³-hybridized carbons (Fsp3) is 0.600. The van der Waals surface area contributed by atoms with Gasteiger partial charge < -0.3 is 11.1 Å². The van der Waals surface area contributed by atoms with Crippen molar-refractivity contribution in [3.63, 3.8) is 0 Å². The van der Waals surface area contributed by atoms with Gasteiger partial charge in [-0.2, -0.15) is 0 Å². The highest BCUT2D eigenvalue weighted by Gasteiger charge is 2.27. The molecule has 1 rings (SSSR count). The minimum atomic E-state index is -0.811. The zero-order valence-electron chi connectivity index (χ0n) is 9.33. The van der Waals surface area contributed by atoms with E-state index in [-0.39, 0.29) is 5.91 Å². The Hall–Kier alpha value is -0.940. The zero-order valence-corrected chi connectivity index (χ0v) is 10.1. The number of carbonyl (C=O) groups is 1. The van der Waals surface area contributed by atoms with Crippen molar-refractivity contribution >= 4 is 22.4 Å². The van der Waals surface area contributed by atoms with E-state index in [0.29, 0.717) is 11.6 Å². The van der Waals surface area contributed by atoms with E-state index in [1.165, 1.54) is 11.3 Å². The monoisotopic (exact) mass is 227 g/mol. The number of hydrogen-bond donors (Lipinski definition) is 2. The SMILES string of the molecule is CCCC(C)(N)C(=O)Nc1nc(C)cs1. The molecule has 1 amide bonds. The number of nitrogens with two attached hydrogens (primary N) is 1. The Kier molecular flexibility index (Phi) is 3.82. The first kappa shape index (κ1) is 12.1. The first-order valence-electron chi connectivity index (χ1n) is 4.98. The number of hydrogen-bond acceptors (Lipinski definition) is 4. The third-order valence-electron chi connectivity index (χ3n) is 2.13. The average Bonchev–Trinajstić information content (AvgIpc) is 2.51. The molecule has 0 saturated heterocycles. The largest absolute Gasteiger partial charge is 0.318 e. The smallest absolute Gasteiger partial charge is 0.245 e. The van der Waals surface area contributed by atoms with Crippen molar-refractivity contribution in [3.05, 3.63) is 11.1 Å². The lowest BCUT2D eigenvalue weighted by atomic mass is 9.97. The van der Waals surface area contributed by atoms with Gasteiger partial charge in [0.15, 0.2) is 5.13 Å². The van der Waals surface area contributed by atoms with E-state index in [2.05, 4.69) is 10.3 Å². The van der Waals surface area contributed by atoms with Gasteiger partial charge in [0.2, 0.25) is 5.91 Å². The second kappa shape index (κ2) is 4.72. The Labute approximate surface area is 93.9 Å². The number of rotatable bonds is 4. The van der Waals surface area contributed by atoms with Gasteiger partial charge in [0.1, 0.15) is 0 Å². The number of nitrogens with one attached hydrogen (secondary N) is 1. The summed E-state index contributed by atoms with van der Waals surface area (Å²) in [5.74, 6) is -0.168. The van der Waals surface area contributed by atoms with Crippen molar-refractivity contribution in [1.82, 2.24) is 4.98 Å². The predicted molar refractivity (Wildman–Crippen MR) is 63.0 cm³/mol. The molecule has 15 heavy (non-hydrogen) atoms. The van der Waals surface area contributed by atoms with Crippen LogP contribution in [0.15, 0.2) is 5.38 Å². The van der Waals surface area contributed by atoms with Crippen LogP contribution in [0.2, 0.25) is 0 Å². The fourth-order valence-electron chi connectivity index (χ4n) is 1.28. The summed E-state index contributed by atoms with van der Waals surface area (Å²) >= 11 is 1.41. The lowest BCUT2D eigenvalue weighted by Gasteiger charge is -2.21. The van der Waals surface area contributed by atoms with Crippen molar-refractivity contribution < 1.29 is 4.79 Å². The Bertz CT molecular complexity index is 346. The van der Waals surface area contributed by atoms with Gasteiger partial charge in [-0.1, -0.05) is 13.3 Å². The van der Waals surface area contributed by atoms with Crippen LogP contribution >= 0.6 is 11.3 Å². The van der Waals surface area contributed by atoms with Crippen molar-refractivity contribution in [2.45, 2.75) is 39.2 Å². The topological polar surface area (TPSA) is 68.0 Å². The lowest BCUT2D eigenvalue weighted by molar-refractivity contribution is -0.120. The van der Waals surface area contributed by atoms with Gasteiger partial charge in [-0.05, 0) is 20.3 Å². The van der Waals surface area contributed by atoms with Crippen LogP contribution < -0.4 is 11.1 Å². The first-order valence-corrected chi connectivity index (χ1v) is 5.86. The quantitative estimate of drug-likeness (QED) is 0.825. The molecular weight excluding hydrogens is 210 g/mol. The summed E-state index contributed by atoms with van der Waals surface area (Å²) in [4.78, 5) is 15.9. The highest BCUT2D eigenvalue weighted by molar-refractivity contribution is 7.13. The van der Waals surface area contributed by atoms with Crippen molar-refractivity contribution in [2.24, 2.45) is 5.73 Å². The van der Waals surface area contributed by atoms with Crippen LogP contribution in [0, 0.1) is 6.92 Å². The molecule has 0 aromatic carbocycles. The van der Waals surface area contributed by atoms with Crippen LogP contribution in [0.1, 0.15) is 32.4 Å². The number of carbonyl (C=O) groups excluding carboxylic acids is 1. The molecule has 0 bridgehead atoms. The molecule has 1 atom stereocenters. The molecule has 1 aromatic rings. The van der Waals surface area contributed by atoms with Crippen LogP contribution in [0.5, 0.6) is 0 Å². The van der Waals surface area contributed by atoms with Gasteiger partial charge in [0.25, 0.3) is 0 Å². The highest BCUT2D eigenvalue weighted by Crippen LogP contribution is 2.17. The van der Waals surface area contributed by atoms with Crippen LogP contribution in [-0.2, 0) is 4.79 Å². The molecule has 0 spiro atoms. The van der Waals surface area contributed by atoms with E-state index in [1.54, 1.807) is 6.92 Å². The van der Waals surface area contributed by atoms with Gasteiger partial charge in [0, 0.05) is 5.38 Å². The summed E-state index contributed by atoms with van der Waals surface area (Å²) in [5.41, 5.74) is 5.99. The molecular formula is C10H17N3OS. The summed E-state index contributed by atoms with van der Waals surface area (Å²) in [7, 11) is 0. The fourth-order valence-corrected chi connectivity index (χ4v) is 1.97. The summed E-state index contributed by atoms with van der Waals surface area (Å²) in [6, 6.07) is 0. The third-order valence-corrected chi connectivity index (χ3v) is 3.00. The number of anilines is 1. The molecule has 0 aliphatic rings. The average molecular weight is 227 g/mol.